The monoisotopic (exact) mass is 439 g/mol. The molecule has 7 heteroatoms. The molecule has 0 aliphatic carbocycles. The van der Waals surface area contributed by atoms with Crippen molar-refractivity contribution in [3.63, 3.8) is 0 Å². The Morgan fingerprint density at radius 2 is 1.91 bits per heavy atom. The Labute approximate surface area is 191 Å². The van der Waals surface area contributed by atoms with Crippen LogP contribution in [0.1, 0.15) is 76.6 Å². The maximum Gasteiger partial charge on any atom is 0.223 e. The number of anilines is 1. The summed E-state index contributed by atoms with van der Waals surface area (Å²) in [5.74, 6) is 1.52. The number of hydrogen-bond acceptors (Lipinski definition) is 6. The van der Waals surface area contributed by atoms with Gasteiger partial charge in [-0.15, -0.1) is 10.2 Å². The molecule has 1 aromatic carbocycles. The van der Waals surface area contributed by atoms with Crippen LogP contribution in [-0.4, -0.2) is 57.1 Å². The van der Waals surface area contributed by atoms with Gasteiger partial charge in [0.05, 0.1) is 0 Å². The number of nitrogens with zero attached hydrogens (tertiary/aromatic N) is 4. The fourth-order valence-electron chi connectivity index (χ4n) is 5.19. The summed E-state index contributed by atoms with van der Waals surface area (Å²) in [7, 11) is 0. The van der Waals surface area contributed by atoms with Crippen molar-refractivity contribution in [1.29, 1.82) is 0 Å². The summed E-state index contributed by atoms with van der Waals surface area (Å²) in [6.07, 6.45) is 4.35. The van der Waals surface area contributed by atoms with Crippen molar-refractivity contribution in [2.24, 2.45) is 0 Å². The molecule has 0 spiro atoms. The zero-order valence-corrected chi connectivity index (χ0v) is 19.9. The number of hydrogen-bond donors (Lipinski definition) is 1. The molecule has 4 rings (SSSR count). The number of benzene rings is 1. The number of fused-ring (bicyclic) bond motifs is 3. The van der Waals surface area contributed by atoms with Crippen molar-refractivity contribution in [2.75, 3.05) is 18.4 Å². The van der Waals surface area contributed by atoms with Gasteiger partial charge in [-0.2, -0.15) is 0 Å². The first-order valence-corrected chi connectivity index (χ1v) is 12.1. The number of rotatable bonds is 5. The van der Waals surface area contributed by atoms with E-state index in [1.54, 1.807) is 0 Å². The second-order valence-electron chi connectivity index (χ2n) is 9.76. The predicted molar refractivity (Wildman–Crippen MR) is 125 cm³/mol. The number of carbonyl (C=O) groups excluding carboxylic acids is 1. The van der Waals surface area contributed by atoms with Crippen molar-refractivity contribution >= 4 is 11.6 Å². The maximum absolute atomic E-state index is 13.4. The number of carbonyl (C=O) groups is 1. The zero-order chi connectivity index (χ0) is 22.7. The predicted octanol–water partition coefficient (Wildman–Crippen LogP) is 4.21. The van der Waals surface area contributed by atoms with Crippen LogP contribution in [0.25, 0.3) is 0 Å². The molecule has 1 aromatic heterocycles. The lowest BCUT2D eigenvalue weighted by molar-refractivity contribution is -0.132. The third-order valence-electron chi connectivity index (χ3n) is 6.76. The van der Waals surface area contributed by atoms with E-state index in [-0.39, 0.29) is 11.8 Å². The van der Waals surface area contributed by atoms with Crippen molar-refractivity contribution < 1.29 is 9.21 Å². The Hall–Kier alpha value is -2.41. The van der Waals surface area contributed by atoms with Gasteiger partial charge in [0.2, 0.25) is 17.7 Å². The highest BCUT2D eigenvalue weighted by Gasteiger charge is 2.36. The molecule has 2 atom stereocenters. The number of aromatic nitrogens is 2. The number of amides is 1. The highest BCUT2D eigenvalue weighted by Crippen LogP contribution is 2.31. The SMILES string of the molecule is CC(C)c1nnc(CCC(=O)N2Cc3ccccc3NCC[C@H]3CC[C@@H](C2)N3C(C)C)o1. The average molecular weight is 440 g/mol. The first-order chi connectivity index (χ1) is 15.4. The smallest absolute Gasteiger partial charge is 0.223 e. The van der Waals surface area contributed by atoms with Gasteiger partial charge in [0.15, 0.2) is 0 Å². The minimum Gasteiger partial charge on any atom is -0.425 e. The van der Waals surface area contributed by atoms with Gasteiger partial charge in [-0.25, -0.2) is 0 Å². The highest BCUT2D eigenvalue weighted by atomic mass is 16.4. The van der Waals surface area contributed by atoms with Crippen molar-refractivity contribution in [2.45, 2.75) is 90.4 Å². The summed E-state index contributed by atoms with van der Waals surface area (Å²) in [5, 5.41) is 11.9. The van der Waals surface area contributed by atoms with E-state index in [1.807, 2.05) is 18.7 Å². The first kappa shape index (κ1) is 22.8. The molecule has 1 saturated heterocycles. The van der Waals surface area contributed by atoms with Gasteiger partial charge < -0.3 is 14.6 Å². The third kappa shape index (κ3) is 5.14. The summed E-state index contributed by atoms with van der Waals surface area (Å²) >= 11 is 0. The van der Waals surface area contributed by atoms with Crippen LogP contribution in [0, 0.1) is 0 Å². The standard InChI is InChI=1S/C25H37N5O2/c1-17(2)25-28-27-23(32-25)11-12-24(31)29-15-19-7-5-6-8-22(19)26-14-13-20-9-10-21(16-29)30(20)18(3)4/h5-8,17-18,20-21,26H,9-16H2,1-4H3/t20-,21+/m1/s1. The van der Waals surface area contributed by atoms with Crippen LogP contribution in [0.15, 0.2) is 28.7 Å². The third-order valence-corrected chi connectivity index (χ3v) is 6.76. The minimum atomic E-state index is 0.149. The molecular formula is C25H37N5O2. The second kappa shape index (κ2) is 10.0. The fourth-order valence-corrected chi connectivity index (χ4v) is 5.19. The summed E-state index contributed by atoms with van der Waals surface area (Å²) in [4.78, 5) is 18.1. The summed E-state index contributed by atoms with van der Waals surface area (Å²) in [6, 6.07) is 9.83. The summed E-state index contributed by atoms with van der Waals surface area (Å²) in [5.41, 5.74) is 2.31. The molecule has 1 amide bonds. The topological polar surface area (TPSA) is 74.5 Å². The van der Waals surface area contributed by atoms with Gasteiger partial charge in [-0.3, -0.25) is 9.69 Å². The number of para-hydroxylation sites is 1. The second-order valence-corrected chi connectivity index (χ2v) is 9.76. The van der Waals surface area contributed by atoms with E-state index in [9.17, 15) is 4.79 Å². The van der Waals surface area contributed by atoms with E-state index in [4.69, 9.17) is 4.42 Å². The lowest BCUT2D eigenvalue weighted by Crippen LogP contribution is -2.48. The van der Waals surface area contributed by atoms with Gasteiger partial charge >= 0.3 is 0 Å². The molecule has 1 fully saturated rings. The van der Waals surface area contributed by atoms with Crippen LogP contribution in [0.4, 0.5) is 5.69 Å². The molecule has 1 N–H and O–H groups in total. The molecule has 0 radical (unpaired) electrons. The van der Waals surface area contributed by atoms with Gasteiger partial charge in [0.1, 0.15) is 0 Å². The van der Waals surface area contributed by atoms with E-state index >= 15 is 0 Å². The molecule has 0 unspecified atom stereocenters. The molecule has 7 nitrogen and oxygen atoms in total. The molecule has 0 saturated carbocycles. The zero-order valence-electron chi connectivity index (χ0n) is 19.9. The Kier molecular flexibility index (Phi) is 7.13. The molecule has 2 aromatic rings. The van der Waals surface area contributed by atoms with Gasteiger partial charge in [0, 0.05) is 62.2 Å². The normalized spacial score (nSPS) is 22.0. The Bertz CT molecular complexity index is 909. The quantitative estimate of drug-likeness (QED) is 0.752. The fraction of sp³-hybridized carbons (Fsp3) is 0.640. The van der Waals surface area contributed by atoms with Crippen LogP contribution >= 0.6 is 0 Å². The van der Waals surface area contributed by atoms with Gasteiger partial charge in [-0.05, 0) is 44.7 Å². The lowest BCUT2D eigenvalue weighted by Gasteiger charge is -2.36. The number of aryl methyl sites for hydroxylation is 1. The molecular weight excluding hydrogens is 402 g/mol. The first-order valence-electron chi connectivity index (χ1n) is 12.1. The average Bonchev–Trinajstić information content (AvgIpc) is 3.38. The van der Waals surface area contributed by atoms with Crippen LogP contribution in [0.3, 0.4) is 0 Å². The molecule has 2 aliphatic rings. The molecule has 2 bridgehead atoms. The van der Waals surface area contributed by atoms with E-state index in [2.05, 4.69) is 58.5 Å². The van der Waals surface area contributed by atoms with Gasteiger partial charge in [-0.1, -0.05) is 32.0 Å². The largest absolute Gasteiger partial charge is 0.425 e. The van der Waals surface area contributed by atoms with Crippen LogP contribution in [-0.2, 0) is 17.8 Å². The molecule has 2 aliphatic heterocycles. The van der Waals surface area contributed by atoms with Crippen molar-refractivity contribution in [3.05, 3.63) is 41.6 Å². The molecule has 174 valence electrons. The Morgan fingerprint density at radius 3 is 2.66 bits per heavy atom. The van der Waals surface area contributed by atoms with Crippen LogP contribution < -0.4 is 5.32 Å². The van der Waals surface area contributed by atoms with E-state index in [0.29, 0.717) is 49.3 Å². The number of nitrogens with one attached hydrogen (secondary N) is 1. The van der Waals surface area contributed by atoms with Crippen LogP contribution in [0.2, 0.25) is 0 Å². The Balaban J connectivity index is 1.53. The van der Waals surface area contributed by atoms with Crippen LogP contribution in [0.5, 0.6) is 0 Å². The summed E-state index contributed by atoms with van der Waals surface area (Å²) < 4.78 is 5.72. The van der Waals surface area contributed by atoms with E-state index in [0.717, 1.165) is 31.6 Å². The highest BCUT2D eigenvalue weighted by molar-refractivity contribution is 5.76. The molecule has 32 heavy (non-hydrogen) atoms. The van der Waals surface area contributed by atoms with Crippen molar-refractivity contribution in [1.82, 2.24) is 20.0 Å². The lowest BCUT2D eigenvalue weighted by atomic mass is 10.1. The van der Waals surface area contributed by atoms with Crippen molar-refractivity contribution in [3.8, 4) is 0 Å². The summed E-state index contributed by atoms with van der Waals surface area (Å²) in [6.45, 7) is 11.0. The Morgan fingerprint density at radius 1 is 1.12 bits per heavy atom. The van der Waals surface area contributed by atoms with E-state index in [1.165, 1.54) is 12.0 Å². The molecule has 3 heterocycles. The maximum atomic E-state index is 13.4. The minimum absolute atomic E-state index is 0.149. The van der Waals surface area contributed by atoms with E-state index < -0.39 is 0 Å². The van der Waals surface area contributed by atoms with Gasteiger partial charge in [0.25, 0.3) is 0 Å².